The predicted octanol–water partition coefficient (Wildman–Crippen LogP) is 3.53. The molecule has 0 atom stereocenters. The first-order valence-corrected chi connectivity index (χ1v) is 11.1. The van der Waals surface area contributed by atoms with Crippen molar-refractivity contribution >= 4 is 62.2 Å². The lowest BCUT2D eigenvalue weighted by atomic mass is 9.94. The minimum Gasteiger partial charge on any atom is -0.465 e. The number of carbonyl (C=O) groups excluding carboxylic acids is 3. The summed E-state index contributed by atoms with van der Waals surface area (Å²) in [5, 5.41) is 16.8. The zero-order chi connectivity index (χ0) is 23.9. The predicted molar refractivity (Wildman–Crippen MR) is 126 cm³/mol. The van der Waals surface area contributed by atoms with Gasteiger partial charge in [0.15, 0.2) is 0 Å². The molecule has 1 aromatic heterocycles. The molecule has 2 heterocycles. The van der Waals surface area contributed by atoms with E-state index in [1.807, 2.05) is 0 Å². The van der Waals surface area contributed by atoms with Gasteiger partial charge in [0, 0.05) is 36.1 Å². The molecule has 11 heteroatoms. The van der Waals surface area contributed by atoms with E-state index in [1.165, 1.54) is 0 Å². The average molecular weight is 534 g/mol. The van der Waals surface area contributed by atoms with Crippen molar-refractivity contribution in [1.82, 2.24) is 20.5 Å². The maximum atomic E-state index is 12.9. The van der Waals surface area contributed by atoms with Crippen LogP contribution in [0.5, 0.6) is 0 Å². The number of rotatable bonds is 6. The summed E-state index contributed by atoms with van der Waals surface area (Å²) in [6.45, 7) is 0.442. The number of carboxylic acid groups (broad SMARTS) is 1. The van der Waals surface area contributed by atoms with Crippen LogP contribution in [0.25, 0.3) is 22.0 Å². The summed E-state index contributed by atoms with van der Waals surface area (Å²) in [6, 6.07) is 8.75. The van der Waals surface area contributed by atoms with Crippen molar-refractivity contribution in [2.45, 2.75) is 6.42 Å². The van der Waals surface area contributed by atoms with E-state index in [0.29, 0.717) is 37.9 Å². The number of halogens is 2. The van der Waals surface area contributed by atoms with E-state index < -0.39 is 23.8 Å². The molecule has 9 nitrogen and oxygen atoms in total. The van der Waals surface area contributed by atoms with Gasteiger partial charge in [-0.3, -0.25) is 19.7 Å². The fourth-order valence-electron chi connectivity index (χ4n) is 3.95. The summed E-state index contributed by atoms with van der Waals surface area (Å²) in [5.74, 6) is -1.49. The van der Waals surface area contributed by atoms with E-state index in [4.69, 9.17) is 16.7 Å². The van der Waals surface area contributed by atoms with Gasteiger partial charge in [-0.25, -0.2) is 4.79 Å². The van der Waals surface area contributed by atoms with Crippen LogP contribution in [0.15, 0.2) is 34.8 Å². The molecule has 0 saturated heterocycles. The standard InChI is InChI=1S/C22H18BrClN4O5/c1-28-13-9-11(10-5-2-3-6-12(10)24)14-16(20(30)27-19(14)29)15(13)17(23)18(28)21(31)25-7-4-8-26-22(32)33/h2-3,5-6,9,26H,4,7-8H2,1H3,(H,25,31)(H,32,33)(H,27,29,30). The van der Waals surface area contributed by atoms with Gasteiger partial charge in [-0.15, -0.1) is 0 Å². The van der Waals surface area contributed by atoms with Gasteiger partial charge < -0.3 is 20.3 Å². The van der Waals surface area contributed by atoms with E-state index in [1.54, 1.807) is 41.9 Å². The van der Waals surface area contributed by atoms with Gasteiger partial charge in [0.2, 0.25) is 0 Å². The summed E-state index contributed by atoms with van der Waals surface area (Å²) in [5.41, 5.74) is 2.31. The number of nitrogens with zero attached hydrogens (tertiary/aromatic N) is 1. The summed E-state index contributed by atoms with van der Waals surface area (Å²) in [6.07, 6.45) is -0.725. The second kappa shape index (κ2) is 8.87. The smallest absolute Gasteiger partial charge is 0.404 e. The Morgan fingerprint density at radius 2 is 1.76 bits per heavy atom. The van der Waals surface area contributed by atoms with Crippen LogP contribution in [0.3, 0.4) is 0 Å². The van der Waals surface area contributed by atoms with Gasteiger partial charge in [0.05, 0.1) is 21.1 Å². The topological polar surface area (TPSA) is 130 Å². The Morgan fingerprint density at radius 1 is 1.09 bits per heavy atom. The van der Waals surface area contributed by atoms with Crippen LogP contribution in [0.1, 0.15) is 37.6 Å². The summed E-state index contributed by atoms with van der Waals surface area (Å²) >= 11 is 9.84. The number of carbonyl (C=O) groups is 4. The van der Waals surface area contributed by atoms with Crippen molar-refractivity contribution in [2.75, 3.05) is 13.1 Å². The van der Waals surface area contributed by atoms with Crippen molar-refractivity contribution in [3.8, 4) is 11.1 Å². The highest BCUT2D eigenvalue weighted by molar-refractivity contribution is 9.10. The first-order valence-electron chi connectivity index (χ1n) is 9.92. The zero-order valence-corrected chi connectivity index (χ0v) is 19.6. The Morgan fingerprint density at radius 3 is 2.45 bits per heavy atom. The van der Waals surface area contributed by atoms with Crippen molar-refractivity contribution in [3.63, 3.8) is 0 Å². The van der Waals surface area contributed by atoms with E-state index in [9.17, 15) is 19.2 Å². The number of imide groups is 1. The second-order valence-electron chi connectivity index (χ2n) is 7.39. The molecule has 3 aromatic rings. The summed E-state index contributed by atoms with van der Waals surface area (Å²) in [4.78, 5) is 48.9. The lowest BCUT2D eigenvalue weighted by Crippen LogP contribution is -2.30. The van der Waals surface area contributed by atoms with Gasteiger partial charge in [-0.05, 0) is 40.0 Å². The molecule has 4 rings (SSSR count). The fourth-order valence-corrected chi connectivity index (χ4v) is 5.03. The van der Waals surface area contributed by atoms with E-state index in [2.05, 4.69) is 31.9 Å². The van der Waals surface area contributed by atoms with Crippen LogP contribution in [-0.4, -0.2) is 46.6 Å². The molecule has 33 heavy (non-hydrogen) atoms. The van der Waals surface area contributed by atoms with Gasteiger partial charge in [0.1, 0.15) is 5.69 Å². The Labute approximate surface area is 201 Å². The zero-order valence-electron chi connectivity index (χ0n) is 17.3. The average Bonchev–Trinajstić information content (AvgIpc) is 3.19. The van der Waals surface area contributed by atoms with E-state index in [-0.39, 0.29) is 29.9 Å². The molecule has 0 saturated carbocycles. The maximum Gasteiger partial charge on any atom is 0.404 e. The van der Waals surface area contributed by atoms with Gasteiger partial charge in [-0.2, -0.15) is 0 Å². The molecule has 0 fully saturated rings. The molecule has 170 valence electrons. The third kappa shape index (κ3) is 3.96. The third-order valence-corrected chi connectivity index (χ3v) is 6.51. The van der Waals surface area contributed by atoms with Gasteiger partial charge >= 0.3 is 6.09 Å². The van der Waals surface area contributed by atoms with E-state index >= 15 is 0 Å². The highest BCUT2D eigenvalue weighted by Crippen LogP contribution is 2.42. The lowest BCUT2D eigenvalue weighted by Gasteiger charge is -2.11. The van der Waals surface area contributed by atoms with Crippen LogP contribution in [-0.2, 0) is 7.05 Å². The monoisotopic (exact) mass is 532 g/mol. The number of fused-ring (bicyclic) bond motifs is 3. The van der Waals surface area contributed by atoms with Crippen molar-refractivity contribution in [3.05, 3.63) is 56.6 Å². The van der Waals surface area contributed by atoms with Crippen molar-refractivity contribution in [2.24, 2.45) is 7.05 Å². The number of benzene rings is 2. The third-order valence-electron chi connectivity index (χ3n) is 5.41. The minimum atomic E-state index is -1.13. The molecule has 4 amide bonds. The van der Waals surface area contributed by atoms with Gasteiger partial charge in [0.25, 0.3) is 17.7 Å². The molecule has 0 aliphatic carbocycles. The van der Waals surface area contributed by atoms with Crippen LogP contribution in [0.2, 0.25) is 5.02 Å². The number of amides is 4. The number of aryl methyl sites for hydroxylation is 1. The number of nitrogens with one attached hydrogen (secondary N) is 3. The van der Waals surface area contributed by atoms with Crippen LogP contribution >= 0.6 is 27.5 Å². The number of hydrogen-bond donors (Lipinski definition) is 4. The van der Waals surface area contributed by atoms with Gasteiger partial charge in [-0.1, -0.05) is 29.8 Å². The molecule has 0 radical (unpaired) electrons. The SMILES string of the molecule is Cn1c(C(=O)NCCCNC(=O)O)c(Br)c2c3c(c(-c4ccccc4Cl)cc21)C(=O)NC3=O. The molecule has 0 bridgehead atoms. The Hall–Kier alpha value is -3.37. The molecule has 1 aliphatic rings. The largest absolute Gasteiger partial charge is 0.465 e. The number of aromatic nitrogens is 1. The summed E-state index contributed by atoms with van der Waals surface area (Å²) < 4.78 is 2.02. The minimum absolute atomic E-state index is 0.180. The van der Waals surface area contributed by atoms with Crippen LogP contribution in [0.4, 0.5) is 4.79 Å². The molecule has 0 unspecified atom stereocenters. The maximum absolute atomic E-state index is 12.9. The molecule has 4 N–H and O–H groups in total. The molecule has 1 aliphatic heterocycles. The van der Waals surface area contributed by atoms with Crippen LogP contribution in [0, 0.1) is 0 Å². The molecular formula is C22H18BrClN4O5. The quantitative estimate of drug-likeness (QED) is 0.285. The highest BCUT2D eigenvalue weighted by Gasteiger charge is 2.36. The summed E-state index contributed by atoms with van der Waals surface area (Å²) in [7, 11) is 1.69. The second-order valence-corrected chi connectivity index (χ2v) is 8.59. The Balaban J connectivity index is 1.82. The normalized spacial score (nSPS) is 12.6. The molecule has 2 aromatic carbocycles. The first kappa shape index (κ1) is 22.8. The Bertz CT molecular complexity index is 1350. The lowest BCUT2D eigenvalue weighted by molar-refractivity contribution is 0.0878. The van der Waals surface area contributed by atoms with E-state index in [0.717, 1.165) is 0 Å². The molecule has 0 spiro atoms. The first-order chi connectivity index (χ1) is 15.7. The highest BCUT2D eigenvalue weighted by atomic mass is 79.9. The van der Waals surface area contributed by atoms with Crippen molar-refractivity contribution < 1.29 is 24.3 Å². The van der Waals surface area contributed by atoms with Crippen LogP contribution < -0.4 is 16.0 Å². The fraction of sp³-hybridized carbons (Fsp3) is 0.182. The van der Waals surface area contributed by atoms with Crippen molar-refractivity contribution in [1.29, 1.82) is 0 Å². The molecular weight excluding hydrogens is 516 g/mol. The number of hydrogen-bond acceptors (Lipinski definition) is 4. The Kier molecular flexibility index (Phi) is 6.13.